The number of carbonyl (C=O) groups is 1. The van der Waals surface area contributed by atoms with Gasteiger partial charge in [0.05, 0.1) is 12.8 Å². The van der Waals surface area contributed by atoms with Crippen molar-refractivity contribution >= 4 is 23.2 Å². The van der Waals surface area contributed by atoms with E-state index in [1.54, 1.807) is 27.1 Å². The maximum absolute atomic E-state index is 11.4. The summed E-state index contributed by atoms with van der Waals surface area (Å²) >= 11 is 6.00. The van der Waals surface area contributed by atoms with Crippen molar-refractivity contribution in [1.29, 1.82) is 0 Å². The molecule has 0 fully saturated rings. The van der Waals surface area contributed by atoms with Crippen LogP contribution < -0.4 is 15.4 Å². The summed E-state index contributed by atoms with van der Waals surface area (Å²) in [5.74, 6) is 0.538. The molecule has 0 aliphatic carbocycles. The largest absolute Gasteiger partial charge is 0.495 e. The van der Waals surface area contributed by atoms with E-state index in [2.05, 4.69) is 10.6 Å². The molecule has 0 bridgehead atoms. The van der Waals surface area contributed by atoms with Gasteiger partial charge in [0, 0.05) is 18.1 Å². The lowest BCUT2D eigenvalue weighted by Gasteiger charge is -2.17. The number of aryl methyl sites for hydroxylation is 1. The lowest BCUT2D eigenvalue weighted by Crippen LogP contribution is -2.35. The average Bonchev–Trinajstić information content (AvgIpc) is 2.32. The van der Waals surface area contributed by atoms with Gasteiger partial charge in [0.15, 0.2) is 0 Å². The second kappa shape index (κ2) is 5.77. The van der Waals surface area contributed by atoms with E-state index in [4.69, 9.17) is 16.3 Å². The van der Waals surface area contributed by atoms with Crippen molar-refractivity contribution in [1.82, 2.24) is 5.32 Å². The highest BCUT2D eigenvalue weighted by atomic mass is 35.5. The van der Waals surface area contributed by atoms with E-state index < -0.39 is 0 Å². The number of rotatable bonds is 4. The Bertz CT molecular complexity index is 421. The Kier molecular flexibility index (Phi) is 4.63. The lowest BCUT2D eigenvalue weighted by molar-refractivity contribution is -0.121. The van der Waals surface area contributed by atoms with Gasteiger partial charge in [-0.25, -0.2) is 0 Å². The van der Waals surface area contributed by atoms with Crippen molar-refractivity contribution < 1.29 is 9.53 Å². The molecule has 94 valence electrons. The molecule has 1 aromatic carbocycles. The Hall–Kier alpha value is -1.42. The number of anilines is 1. The third-order valence-corrected chi connectivity index (χ3v) is 2.90. The van der Waals surface area contributed by atoms with E-state index >= 15 is 0 Å². The molecular formula is C12H17ClN2O2. The summed E-state index contributed by atoms with van der Waals surface area (Å²) in [7, 11) is 3.17. The van der Waals surface area contributed by atoms with Crippen LogP contribution in [0, 0.1) is 6.92 Å². The summed E-state index contributed by atoms with van der Waals surface area (Å²) in [5, 5.41) is 6.30. The fourth-order valence-corrected chi connectivity index (χ4v) is 1.61. The molecule has 0 aliphatic heterocycles. The number of amides is 1. The molecule has 0 radical (unpaired) electrons. The predicted octanol–water partition coefficient (Wildman–Crippen LogP) is 2.20. The second-order valence-electron chi connectivity index (χ2n) is 3.78. The number of hydrogen-bond donors (Lipinski definition) is 2. The minimum absolute atomic E-state index is 0.0837. The number of halogens is 1. The third-order valence-electron chi connectivity index (χ3n) is 2.49. The van der Waals surface area contributed by atoms with E-state index in [0.717, 1.165) is 11.3 Å². The third kappa shape index (κ3) is 3.27. The molecule has 5 heteroatoms. The molecule has 0 spiro atoms. The number of ether oxygens (including phenoxy) is 1. The number of benzene rings is 1. The van der Waals surface area contributed by atoms with E-state index in [1.807, 2.05) is 13.0 Å². The SMILES string of the molecule is CNC(=O)[C@H](C)Nc1cc(C)c(Cl)cc1OC. The Morgan fingerprint density at radius 2 is 2.12 bits per heavy atom. The summed E-state index contributed by atoms with van der Waals surface area (Å²) in [6.07, 6.45) is 0. The second-order valence-corrected chi connectivity index (χ2v) is 4.19. The van der Waals surface area contributed by atoms with Crippen LogP contribution in [0.2, 0.25) is 5.02 Å². The number of methoxy groups -OCH3 is 1. The van der Waals surface area contributed by atoms with Gasteiger partial charge < -0.3 is 15.4 Å². The first-order valence-electron chi connectivity index (χ1n) is 5.31. The topological polar surface area (TPSA) is 50.4 Å². The smallest absolute Gasteiger partial charge is 0.241 e. The summed E-state index contributed by atoms with van der Waals surface area (Å²) in [6.45, 7) is 3.68. The molecular weight excluding hydrogens is 240 g/mol. The first-order valence-corrected chi connectivity index (χ1v) is 5.69. The molecule has 0 saturated heterocycles. The minimum Gasteiger partial charge on any atom is -0.495 e. The molecule has 1 amide bonds. The predicted molar refractivity (Wildman–Crippen MR) is 69.9 cm³/mol. The van der Waals surface area contributed by atoms with Crippen LogP contribution in [0.3, 0.4) is 0 Å². The van der Waals surface area contributed by atoms with Crippen molar-refractivity contribution in [2.45, 2.75) is 19.9 Å². The maximum atomic E-state index is 11.4. The summed E-state index contributed by atoms with van der Waals surface area (Å²) in [6, 6.07) is 3.26. The molecule has 0 aliphatic rings. The quantitative estimate of drug-likeness (QED) is 0.868. The van der Waals surface area contributed by atoms with E-state index in [-0.39, 0.29) is 11.9 Å². The zero-order chi connectivity index (χ0) is 13.0. The molecule has 0 saturated carbocycles. The summed E-state index contributed by atoms with van der Waals surface area (Å²) in [4.78, 5) is 11.4. The molecule has 4 nitrogen and oxygen atoms in total. The normalized spacial score (nSPS) is 11.8. The standard InChI is InChI=1S/C12H17ClN2O2/c1-7-5-10(11(17-4)6-9(7)13)15-8(2)12(16)14-3/h5-6,8,15H,1-4H3,(H,14,16)/t8-/m0/s1. The Balaban J connectivity index is 2.97. The zero-order valence-electron chi connectivity index (χ0n) is 10.4. The fraction of sp³-hybridized carbons (Fsp3) is 0.417. The van der Waals surface area contributed by atoms with Gasteiger partial charge in [-0.3, -0.25) is 4.79 Å². The van der Waals surface area contributed by atoms with Gasteiger partial charge in [-0.1, -0.05) is 11.6 Å². The molecule has 1 rings (SSSR count). The first kappa shape index (κ1) is 13.6. The monoisotopic (exact) mass is 256 g/mol. The van der Waals surface area contributed by atoms with E-state index in [1.165, 1.54) is 0 Å². The molecule has 1 atom stereocenters. The van der Waals surface area contributed by atoms with Crippen molar-refractivity contribution in [3.63, 3.8) is 0 Å². The van der Waals surface area contributed by atoms with Crippen LogP contribution in [0.25, 0.3) is 0 Å². The zero-order valence-corrected chi connectivity index (χ0v) is 11.2. The van der Waals surface area contributed by atoms with Crippen LogP contribution in [0.1, 0.15) is 12.5 Å². The van der Waals surface area contributed by atoms with Gasteiger partial charge in [0.2, 0.25) is 5.91 Å². The van der Waals surface area contributed by atoms with Crippen molar-refractivity contribution in [3.05, 3.63) is 22.7 Å². The van der Waals surface area contributed by atoms with Gasteiger partial charge in [0.25, 0.3) is 0 Å². The van der Waals surface area contributed by atoms with Crippen LogP contribution in [-0.4, -0.2) is 26.1 Å². The van der Waals surface area contributed by atoms with Crippen LogP contribution in [0.15, 0.2) is 12.1 Å². The maximum Gasteiger partial charge on any atom is 0.241 e. The van der Waals surface area contributed by atoms with E-state index in [0.29, 0.717) is 10.8 Å². The van der Waals surface area contributed by atoms with Gasteiger partial charge in [0.1, 0.15) is 11.8 Å². The van der Waals surface area contributed by atoms with Crippen LogP contribution in [0.4, 0.5) is 5.69 Å². The van der Waals surface area contributed by atoms with Gasteiger partial charge in [-0.05, 0) is 25.5 Å². The number of hydrogen-bond acceptors (Lipinski definition) is 3. The van der Waals surface area contributed by atoms with Crippen molar-refractivity contribution in [3.8, 4) is 5.75 Å². The molecule has 1 aromatic rings. The van der Waals surface area contributed by atoms with Crippen LogP contribution in [0.5, 0.6) is 5.75 Å². The fourth-order valence-electron chi connectivity index (χ4n) is 1.46. The minimum atomic E-state index is -0.338. The van der Waals surface area contributed by atoms with Gasteiger partial charge >= 0.3 is 0 Å². The Labute approximate surface area is 106 Å². The van der Waals surface area contributed by atoms with Gasteiger partial charge in [-0.15, -0.1) is 0 Å². The van der Waals surface area contributed by atoms with E-state index in [9.17, 15) is 4.79 Å². The Morgan fingerprint density at radius 3 is 2.65 bits per heavy atom. The van der Waals surface area contributed by atoms with Gasteiger partial charge in [-0.2, -0.15) is 0 Å². The molecule has 0 unspecified atom stereocenters. The van der Waals surface area contributed by atoms with Crippen LogP contribution >= 0.6 is 11.6 Å². The highest BCUT2D eigenvalue weighted by molar-refractivity contribution is 6.31. The lowest BCUT2D eigenvalue weighted by atomic mass is 10.2. The van der Waals surface area contributed by atoms with Crippen molar-refractivity contribution in [2.24, 2.45) is 0 Å². The highest BCUT2D eigenvalue weighted by Gasteiger charge is 2.14. The molecule has 0 aromatic heterocycles. The van der Waals surface area contributed by atoms with Crippen molar-refractivity contribution in [2.75, 3.05) is 19.5 Å². The molecule has 2 N–H and O–H groups in total. The first-order chi connectivity index (χ1) is 7.99. The average molecular weight is 257 g/mol. The highest BCUT2D eigenvalue weighted by Crippen LogP contribution is 2.31. The number of nitrogens with one attached hydrogen (secondary N) is 2. The number of likely N-dealkylation sites (N-methyl/N-ethyl adjacent to an activating group) is 1. The Morgan fingerprint density at radius 1 is 1.47 bits per heavy atom. The number of carbonyl (C=O) groups excluding carboxylic acids is 1. The summed E-state index contributed by atoms with van der Waals surface area (Å²) in [5.41, 5.74) is 1.68. The molecule has 17 heavy (non-hydrogen) atoms. The van der Waals surface area contributed by atoms with Crippen LogP contribution in [-0.2, 0) is 4.79 Å². The molecule has 0 heterocycles. The summed E-state index contributed by atoms with van der Waals surface area (Å²) < 4.78 is 5.22.